The van der Waals surface area contributed by atoms with Crippen molar-refractivity contribution in [3.8, 4) is 22.3 Å². The molecule has 272 valence electrons. The predicted molar refractivity (Wildman–Crippen MR) is 242 cm³/mol. The number of nitrogens with zero attached hydrogens (tertiary/aromatic N) is 1. The number of furan rings is 1. The number of anilines is 3. The van der Waals surface area contributed by atoms with Crippen LogP contribution >= 0.6 is 0 Å². The summed E-state index contributed by atoms with van der Waals surface area (Å²) in [5, 5.41) is 8.94. The Hall–Kier alpha value is -5.90. The summed E-state index contributed by atoms with van der Waals surface area (Å²) in [7, 11) is -1.65. The smallest absolute Gasteiger partial charge is 0.159 e. The minimum absolute atomic E-state index is 0.0982. The summed E-state index contributed by atoms with van der Waals surface area (Å²) >= 11 is 0. The molecule has 3 heteroatoms. The number of para-hydroxylation sites is 3. The van der Waals surface area contributed by atoms with Crippen LogP contribution in [0.4, 0.5) is 17.1 Å². The van der Waals surface area contributed by atoms with E-state index in [1.807, 2.05) is 0 Å². The van der Waals surface area contributed by atoms with Crippen molar-refractivity contribution in [3.05, 3.63) is 168 Å². The van der Waals surface area contributed by atoms with Crippen LogP contribution in [0.25, 0.3) is 65.7 Å². The normalized spacial score (nSPS) is 15.0. The Bertz CT molecular complexity index is 3120. The van der Waals surface area contributed by atoms with Gasteiger partial charge in [0.2, 0.25) is 0 Å². The zero-order valence-electron chi connectivity index (χ0n) is 33.2. The third-order valence-electron chi connectivity index (χ3n) is 13.1. The van der Waals surface area contributed by atoms with Gasteiger partial charge in [-0.3, -0.25) is 0 Å². The molecule has 2 nitrogen and oxygen atoms in total. The van der Waals surface area contributed by atoms with E-state index in [4.69, 9.17) is 4.42 Å². The van der Waals surface area contributed by atoms with Crippen LogP contribution < -0.4 is 10.1 Å². The highest BCUT2D eigenvalue weighted by Crippen LogP contribution is 2.58. The van der Waals surface area contributed by atoms with Gasteiger partial charge >= 0.3 is 0 Å². The number of benzene rings is 8. The maximum Gasteiger partial charge on any atom is 0.159 e. The first kappa shape index (κ1) is 33.4. The fourth-order valence-electron chi connectivity index (χ4n) is 10.4. The molecule has 11 rings (SSSR count). The molecular formula is C53H45NOSi. The standard InChI is InChI=1S/C53H45NOSi/c1-52(2)44-31-43-39-27-24-33-29-35(25-28-37(33)49(39)53(3,4)45(43)30-42(44)38-26-23-32-15-11-12-18-36(32)48(38)52)54(34-16-9-8-10-17-34)46-21-13-19-40-41-20-14-22-47(56(5,6)7)51(41)55-50(40)46/h8-31H,1-7H3. The quantitative estimate of drug-likeness (QED) is 0.167. The van der Waals surface area contributed by atoms with Crippen molar-refractivity contribution in [2.45, 2.75) is 58.2 Å². The van der Waals surface area contributed by atoms with E-state index in [1.165, 1.54) is 76.6 Å². The number of rotatable bonds is 4. The zero-order valence-corrected chi connectivity index (χ0v) is 34.2. The van der Waals surface area contributed by atoms with Crippen LogP contribution in [-0.4, -0.2) is 8.07 Å². The topological polar surface area (TPSA) is 16.4 Å². The Labute approximate surface area is 330 Å². The molecule has 0 amide bonds. The maximum absolute atomic E-state index is 6.96. The summed E-state index contributed by atoms with van der Waals surface area (Å²) in [6, 6.07) is 54.4. The van der Waals surface area contributed by atoms with Crippen molar-refractivity contribution in [2.24, 2.45) is 0 Å². The molecule has 2 aliphatic carbocycles. The summed E-state index contributed by atoms with van der Waals surface area (Å²) in [5.74, 6) is 0. The Morgan fingerprint density at radius 1 is 0.446 bits per heavy atom. The maximum atomic E-state index is 6.96. The Morgan fingerprint density at radius 2 is 1.02 bits per heavy atom. The monoisotopic (exact) mass is 739 g/mol. The number of fused-ring (bicyclic) bond motifs is 13. The molecule has 56 heavy (non-hydrogen) atoms. The first-order chi connectivity index (χ1) is 26.9. The van der Waals surface area contributed by atoms with E-state index < -0.39 is 8.07 Å². The highest BCUT2D eigenvalue weighted by molar-refractivity contribution is 6.90. The molecule has 2 aliphatic rings. The van der Waals surface area contributed by atoms with Crippen LogP contribution in [0.5, 0.6) is 0 Å². The van der Waals surface area contributed by atoms with Crippen molar-refractivity contribution in [1.82, 2.24) is 0 Å². The van der Waals surface area contributed by atoms with E-state index in [9.17, 15) is 0 Å². The summed E-state index contributed by atoms with van der Waals surface area (Å²) in [6.07, 6.45) is 0. The molecule has 0 unspecified atom stereocenters. The third-order valence-corrected chi connectivity index (χ3v) is 15.1. The molecule has 0 spiro atoms. The average Bonchev–Trinajstić information content (AvgIpc) is 3.77. The lowest BCUT2D eigenvalue weighted by Gasteiger charge is -2.27. The molecule has 1 aromatic heterocycles. The van der Waals surface area contributed by atoms with Gasteiger partial charge in [-0.2, -0.15) is 0 Å². The van der Waals surface area contributed by atoms with Crippen LogP contribution in [0.3, 0.4) is 0 Å². The van der Waals surface area contributed by atoms with Crippen LogP contribution in [0.15, 0.2) is 150 Å². The second-order valence-electron chi connectivity index (χ2n) is 18.2. The summed E-state index contributed by atoms with van der Waals surface area (Å²) in [5.41, 5.74) is 16.2. The lowest BCUT2D eigenvalue weighted by molar-refractivity contribution is 0.657. The van der Waals surface area contributed by atoms with Gasteiger partial charge in [0.25, 0.3) is 0 Å². The van der Waals surface area contributed by atoms with Gasteiger partial charge in [0.05, 0.1) is 13.8 Å². The predicted octanol–water partition coefficient (Wildman–Crippen LogP) is 14.5. The summed E-state index contributed by atoms with van der Waals surface area (Å²) in [6.45, 7) is 16.9. The molecule has 0 bridgehead atoms. The highest BCUT2D eigenvalue weighted by Gasteiger charge is 2.43. The first-order valence-corrected chi connectivity index (χ1v) is 23.5. The fraction of sp³-hybridized carbons (Fsp3) is 0.170. The lowest BCUT2D eigenvalue weighted by atomic mass is 9.78. The van der Waals surface area contributed by atoms with Gasteiger partial charge in [0, 0.05) is 33.0 Å². The Morgan fingerprint density at radius 3 is 1.70 bits per heavy atom. The highest BCUT2D eigenvalue weighted by atomic mass is 28.3. The minimum Gasteiger partial charge on any atom is -0.454 e. The number of hydrogen-bond donors (Lipinski definition) is 0. The van der Waals surface area contributed by atoms with Crippen molar-refractivity contribution >= 4 is 73.8 Å². The van der Waals surface area contributed by atoms with Crippen LogP contribution in [0.1, 0.15) is 49.9 Å². The number of hydrogen-bond acceptors (Lipinski definition) is 2. The molecule has 0 saturated heterocycles. The van der Waals surface area contributed by atoms with E-state index in [1.54, 1.807) is 0 Å². The average molecular weight is 740 g/mol. The molecule has 1 heterocycles. The zero-order chi connectivity index (χ0) is 38.3. The van der Waals surface area contributed by atoms with E-state index in [-0.39, 0.29) is 10.8 Å². The van der Waals surface area contributed by atoms with Crippen LogP contribution in [-0.2, 0) is 10.8 Å². The Balaban J connectivity index is 1.08. The fourth-order valence-corrected chi connectivity index (χ4v) is 11.9. The van der Waals surface area contributed by atoms with Crippen LogP contribution in [0.2, 0.25) is 19.6 Å². The van der Waals surface area contributed by atoms with E-state index >= 15 is 0 Å². The van der Waals surface area contributed by atoms with Gasteiger partial charge in [-0.15, -0.1) is 0 Å². The third kappa shape index (κ3) is 4.49. The molecule has 0 aliphatic heterocycles. The molecule has 0 radical (unpaired) electrons. The minimum atomic E-state index is -1.65. The largest absolute Gasteiger partial charge is 0.454 e. The van der Waals surface area contributed by atoms with E-state index in [0.717, 1.165) is 33.6 Å². The molecule has 9 aromatic rings. The Kier molecular flexibility index (Phi) is 6.77. The van der Waals surface area contributed by atoms with Gasteiger partial charge in [0.15, 0.2) is 5.58 Å². The molecule has 0 saturated carbocycles. The van der Waals surface area contributed by atoms with E-state index in [0.29, 0.717) is 0 Å². The van der Waals surface area contributed by atoms with Gasteiger partial charge in [-0.25, -0.2) is 0 Å². The molecule has 0 fully saturated rings. The van der Waals surface area contributed by atoms with Crippen molar-refractivity contribution in [3.63, 3.8) is 0 Å². The second kappa shape index (κ2) is 11.3. The van der Waals surface area contributed by atoms with Gasteiger partial charge in [-0.05, 0) is 114 Å². The molecule has 0 N–H and O–H groups in total. The van der Waals surface area contributed by atoms with E-state index in [2.05, 4.69) is 198 Å². The molecule has 8 aromatic carbocycles. The molecular weight excluding hydrogens is 695 g/mol. The van der Waals surface area contributed by atoms with Crippen molar-refractivity contribution < 1.29 is 4.42 Å². The second-order valence-corrected chi connectivity index (χ2v) is 23.2. The summed E-state index contributed by atoms with van der Waals surface area (Å²) < 4.78 is 6.96. The SMILES string of the molecule is CC1(C)c2cc3c(cc2-c2ccc4ccccc4c21)C(C)(C)c1c-3ccc2cc(N(c3ccccc3)c3cccc4c3oc3c([Si](C)(C)C)cccc34)ccc12. The van der Waals surface area contributed by atoms with Gasteiger partial charge < -0.3 is 9.32 Å². The summed E-state index contributed by atoms with van der Waals surface area (Å²) in [4.78, 5) is 2.37. The first-order valence-electron chi connectivity index (χ1n) is 20.0. The van der Waals surface area contributed by atoms with Crippen molar-refractivity contribution in [1.29, 1.82) is 0 Å². The van der Waals surface area contributed by atoms with Crippen molar-refractivity contribution in [2.75, 3.05) is 4.90 Å². The lowest BCUT2D eigenvalue weighted by Crippen LogP contribution is -2.37. The van der Waals surface area contributed by atoms with Crippen LogP contribution in [0, 0.1) is 0 Å². The van der Waals surface area contributed by atoms with Gasteiger partial charge in [-0.1, -0.05) is 150 Å². The molecule has 0 atom stereocenters. The van der Waals surface area contributed by atoms with Gasteiger partial charge in [0.1, 0.15) is 5.58 Å².